The number of primary amides is 1. The number of alkyl halides is 3. The molecule has 0 aromatic heterocycles. The van der Waals surface area contributed by atoms with E-state index in [9.17, 15) is 26.7 Å². The number of benzene rings is 3. The fourth-order valence-electron chi connectivity index (χ4n) is 4.10. The predicted octanol–water partition coefficient (Wildman–Crippen LogP) is 5.93. The van der Waals surface area contributed by atoms with Gasteiger partial charge in [0, 0.05) is 18.9 Å². The average Bonchev–Trinajstić information content (AvgIpc) is 3.32. The maximum Gasteiger partial charge on any atom is 0.417 e. The van der Waals surface area contributed by atoms with Gasteiger partial charge in [0.25, 0.3) is 5.91 Å². The molecule has 0 fully saturated rings. The summed E-state index contributed by atoms with van der Waals surface area (Å²) in [6.07, 6.45) is -1.22. The summed E-state index contributed by atoms with van der Waals surface area (Å²) in [7, 11) is 0. The zero-order valence-corrected chi connectivity index (χ0v) is 20.0. The number of aromatic nitrogens is 3. The summed E-state index contributed by atoms with van der Waals surface area (Å²) in [6, 6.07) is 15.5. The average molecular weight is 538 g/mol. The van der Waals surface area contributed by atoms with Crippen LogP contribution in [0.15, 0.2) is 79.1 Å². The molecule has 0 atom stereocenters. The van der Waals surface area contributed by atoms with Crippen molar-refractivity contribution in [1.29, 1.82) is 0 Å². The van der Waals surface area contributed by atoms with E-state index in [1.807, 2.05) is 0 Å². The molecule has 2 N–H and O–H groups in total. The van der Waals surface area contributed by atoms with Crippen LogP contribution < -0.4 is 10.5 Å². The molecule has 0 spiro atoms. The van der Waals surface area contributed by atoms with Gasteiger partial charge < -0.3 is 15.0 Å². The molecule has 0 saturated carbocycles. The Morgan fingerprint density at radius 1 is 0.923 bits per heavy atom. The van der Waals surface area contributed by atoms with Crippen LogP contribution in [-0.4, -0.2) is 27.0 Å². The molecule has 3 aromatic rings. The van der Waals surface area contributed by atoms with Gasteiger partial charge in [-0.15, -0.1) is 0 Å². The summed E-state index contributed by atoms with van der Waals surface area (Å²) in [5.41, 5.74) is 6.13. The predicted molar refractivity (Wildman–Crippen MR) is 133 cm³/mol. The van der Waals surface area contributed by atoms with Gasteiger partial charge in [-0.05, 0) is 47.0 Å². The molecule has 0 radical (unpaired) electrons. The number of carbonyl (C=O) groups excluding carboxylic acids is 1. The monoisotopic (exact) mass is 538 g/mol. The first kappa shape index (κ1) is 25.8. The smallest absolute Gasteiger partial charge is 0.417 e. The van der Waals surface area contributed by atoms with Crippen molar-refractivity contribution in [3.05, 3.63) is 102 Å². The number of hydrogen-bond donors (Lipinski definition) is 1. The van der Waals surface area contributed by atoms with E-state index in [1.165, 1.54) is 24.3 Å². The molecule has 0 aliphatic carbocycles. The molecule has 3 aromatic carbocycles. The third-order valence-electron chi connectivity index (χ3n) is 5.93. The normalized spacial score (nSPS) is 11.6. The lowest BCUT2D eigenvalue weighted by Gasteiger charge is -2.15. The largest absolute Gasteiger partial charge is 0.484 e. The number of halogens is 5. The molecule has 1 amide bonds. The second-order valence-electron chi connectivity index (χ2n) is 8.69. The van der Waals surface area contributed by atoms with Crippen molar-refractivity contribution in [2.75, 3.05) is 6.61 Å². The molecule has 0 saturated heterocycles. The van der Waals surface area contributed by atoms with Crippen LogP contribution in [0.2, 0.25) is 0 Å². The van der Waals surface area contributed by atoms with Gasteiger partial charge in [-0.1, -0.05) is 36.4 Å². The lowest BCUT2D eigenvalue weighted by atomic mass is 9.98. The van der Waals surface area contributed by atoms with Crippen molar-refractivity contribution in [3.63, 3.8) is 0 Å². The van der Waals surface area contributed by atoms with E-state index in [2.05, 4.69) is 9.97 Å². The minimum atomic E-state index is -4.65. The van der Waals surface area contributed by atoms with E-state index in [0.29, 0.717) is 23.5 Å². The fourth-order valence-corrected chi connectivity index (χ4v) is 4.10. The van der Waals surface area contributed by atoms with Crippen molar-refractivity contribution in [2.24, 2.45) is 5.73 Å². The highest BCUT2D eigenvalue weighted by molar-refractivity contribution is 5.75. The van der Waals surface area contributed by atoms with Gasteiger partial charge in [-0.3, -0.25) is 4.79 Å². The van der Waals surface area contributed by atoms with Crippen LogP contribution in [0, 0.1) is 11.6 Å². The van der Waals surface area contributed by atoms with E-state index >= 15 is 0 Å². The summed E-state index contributed by atoms with van der Waals surface area (Å²) < 4.78 is 75.9. The Labute approximate surface area is 218 Å². The Hall–Kier alpha value is -4.80. The number of nitrogens with two attached hydrogens (primary N) is 1. The fraction of sp³-hybridized carbons (Fsp3) is 0.107. The van der Waals surface area contributed by atoms with Gasteiger partial charge in [0.1, 0.15) is 11.4 Å². The molecule has 11 heteroatoms. The van der Waals surface area contributed by atoms with Crippen molar-refractivity contribution >= 4 is 5.91 Å². The molecular weight excluding hydrogens is 519 g/mol. The van der Waals surface area contributed by atoms with Crippen molar-refractivity contribution in [2.45, 2.75) is 12.7 Å². The summed E-state index contributed by atoms with van der Waals surface area (Å²) in [5.74, 6) is -2.87. The number of fused-ring (bicyclic) bond motifs is 1. The molecule has 2 heterocycles. The van der Waals surface area contributed by atoms with Crippen molar-refractivity contribution < 1.29 is 31.5 Å². The second-order valence-corrected chi connectivity index (χ2v) is 8.69. The SMILES string of the molecule is NC(=O)COc1ccc(-c2ccc(Cn3ccc4nc(-c5cccc(F)c5F)nc-4c3)cc2)c(C(F)(F)F)c1. The van der Waals surface area contributed by atoms with E-state index < -0.39 is 35.9 Å². The van der Waals surface area contributed by atoms with Crippen LogP contribution in [0.25, 0.3) is 33.9 Å². The lowest BCUT2D eigenvalue weighted by molar-refractivity contribution is -0.137. The Kier molecular flexibility index (Phi) is 6.73. The standard InChI is InChI=1S/C28H19F5N4O2/c29-22-3-1-2-20(26(22)30)27-35-23-10-11-37(14-24(23)36-27)13-16-4-6-17(7-5-16)19-9-8-18(39-15-25(34)38)12-21(19)28(31,32)33/h1-12,14H,13,15H2,(H2,34,38). The van der Waals surface area contributed by atoms with Crippen LogP contribution in [0.3, 0.4) is 0 Å². The molecule has 0 unspecified atom stereocenters. The van der Waals surface area contributed by atoms with Crippen LogP contribution in [-0.2, 0) is 17.5 Å². The molecule has 2 aliphatic heterocycles. The van der Waals surface area contributed by atoms with Crippen molar-refractivity contribution in [1.82, 2.24) is 14.5 Å². The van der Waals surface area contributed by atoms with E-state index in [-0.39, 0.29) is 22.7 Å². The van der Waals surface area contributed by atoms with E-state index in [1.54, 1.807) is 47.3 Å². The number of nitrogens with zero attached hydrogens (tertiary/aromatic N) is 3. The zero-order valence-electron chi connectivity index (χ0n) is 20.0. The number of ether oxygens (including phenoxy) is 1. The number of amides is 1. The van der Waals surface area contributed by atoms with Gasteiger partial charge in [0.05, 0.1) is 16.8 Å². The van der Waals surface area contributed by atoms with Crippen LogP contribution in [0.5, 0.6) is 5.75 Å². The minimum Gasteiger partial charge on any atom is -0.484 e. The highest BCUT2D eigenvalue weighted by Crippen LogP contribution is 2.39. The summed E-state index contributed by atoms with van der Waals surface area (Å²) in [4.78, 5) is 19.5. The molecule has 2 aliphatic rings. The molecule has 5 rings (SSSR count). The van der Waals surface area contributed by atoms with Crippen LogP contribution in [0.4, 0.5) is 22.0 Å². The lowest BCUT2D eigenvalue weighted by Crippen LogP contribution is -2.20. The molecule has 39 heavy (non-hydrogen) atoms. The Bertz CT molecular complexity index is 1630. The maximum absolute atomic E-state index is 14.2. The number of rotatable bonds is 7. The Morgan fingerprint density at radius 3 is 2.38 bits per heavy atom. The number of hydrogen-bond acceptors (Lipinski definition) is 4. The first-order valence-electron chi connectivity index (χ1n) is 11.6. The third-order valence-corrected chi connectivity index (χ3v) is 5.93. The van der Waals surface area contributed by atoms with Gasteiger partial charge in [-0.2, -0.15) is 13.2 Å². The van der Waals surface area contributed by atoms with E-state index in [0.717, 1.165) is 17.7 Å². The summed E-state index contributed by atoms with van der Waals surface area (Å²) in [6.45, 7) is -0.160. The quantitative estimate of drug-likeness (QED) is 0.261. The first-order valence-corrected chi connectivity index (χ1v) is 11.6. The second kappa shape index (κ2) is 10.2. The molecule has 198 valence electrons. The maximum atomic E-state index is 14.2. The number of pyridine rings is 1. The van der Waals surface area contributed by atoms with Gasteiger partial charge >= 0.3 is 6.18 Å². The summed E-state index contributed by atoms with van der Waals surface area (Å²) >= 11 is 0. The number of imidazole rings is 1. The minimum absolute atomic E-state index is 0.0426. The van der Waals surface area contributed by atoms with Gasteiger partial charge in [0.15, 0.2) is 24.1 Å². The van der Waals surface area contributed by atoms with Crippen LogP contribution in [0.1, 0.15) is 11.1 Å². The number of carbonyl (C=O) groups is 1. The zero-order chi connectivity index (χ0) is 27.7. The molecule has 0 bridgehead atoms. The molecular formula is C28H19F5N4O2. The first-order chi connectivity index (χ1) is 18.6. The third kappa shape index (κ3) is 5.57. The Morgan fingerprint density at radius 2 is 1.67 bits per heavy atom. The topological polar surface area (TPSA) is 83.0 Å². The van der Waals surface area contributed by atoms with Crippen molar-refractivity contribution in [3.8, 4) is 39.7 Å². The molecule has 6 nitrogen and oxygen atoms in total. The Balaban J connectivity index is 1.38. The van der Waals surface area contributed by atoms with Gasteiger partial charge in [0.2, 0.25) is 0 Å². The van der Waals surface area contributed by atoms with E-state index in [4.69, 9.17) is 10.5 Å². The highest BCUT2D eigenvalue weighted by atomic mass is 19.4. The van der Waals surface area contributed by atoms with Gasteiger partial charge in [-0.25, -0.2) is 18.7 Å². The van der Waals surface area contributed by atoms with Crippen LogP contribution >= 0.6 is 0 Å². The highest BCUT2D eigenvalue weighted by Gasteiger charge is 2.34. The summed E-state index contributed by atoms with van der Waals surface area (Å²) in [5, 5.41) is 0.